The molecule has 0 atom stereocenters. The lowest BCUT2D eigenvalue weighted by molar-refractivity contribution is -0.113. The Morgan fingerprint density at radius 1 is 1.06 bits per heavy atom. The lowest BCUT2D eigenvalue weighted by Gasteiger charge is -2.21. The van der Waals surface area contributed by atoms with E-state index in [0.717, 1.165) is 24.5 Å². The van der Waals surface area contributed by atoms with Gasteiger partial charge in [0, 0.05) is 31.4 Å². The number of nitrogens with one attached hydrogen (secondary N) is 1. The normalized spacial score (nSPS) is 10.7. The highest BCUT2D eigenvalue weighted by Crippen LogP contribution is 2.25. The number of nitrogens with zero attached hydrogens (tertiary/aromatic N) is 4. The summed E-state index contributed by atoms with van der Waals surface area (Å²) in [5.74, 6) is 0.00776. The second kappa shape index (κ2) is 10.1. The van der Waals surface area contributed by atoms with Crippen molar-refractivity contribution in [2.75, 3.05) is 29.1 Å². The second-order valence-corrected chi connectivity index (χ2v) is 7.77. The summed E-state index contributed by atoms with van der Waals surface area (Å²) >= 11 is 1.27. The van der Waals surface area contributed by atoms with E-state index in [1.54, 1.807) is 24.3 Å². The molecule has 0 radical (unpaired) electrons. The van der Waals surface area contributed by atoms with Crippen LogP contribution in [0.3, 0.4) is 0 Å². The number of benzene rings is 2. The average Bonchev–Trinajstić information content (AvgIpc) is 3.14. The molecule has 0 fully saturated rings. The number of primary amides is 1. The molecule has 9 heteroatoms. The number of aromatic nitrogens is 3. The molecule has 0 aliphatic heterocycles. The zero-order valence-electron chi connectivity index (χ0n) is 17.8. The maximum atomic E-state index is 12.4. The first kappa shape index (κ1) is 22.4. The van der Waals surface area contributed by atoms with Gasteiger partial charge < -0.3 is 20.5 Å². The summed E-state index contributed by atoms with van der Waals surface area (Å²) in [5.41, 5.74) is 8.15. The number of anilines is 2. The lowest BCUT2D eigenvalue weighted by Crippen LogP contribution is -2.21. The van der Waals surface area contributed by atoms with Crippen LogP contribution in [-0.4, -0.2) is 45.4 Å². The first-order valence-electron chi connectivity index (χ1n) is 10.0. The molecule has 8 nitrogen and oxygen atoms in total. The SMILES string of the molecule is CCN(CC)c1ccc(-c2nnc(SCC(=O)Nc3ccccc3C(N)=O)n2C)cc1. The molecule has 2 aromatic carbocycles. The van der Waals surface area contributed by atoms with E-state index < -0.39 is 5.91 Å². The molecule has 1 aromatic heterocycles. The van der Waals surface area contributed by atoms with Crippen molar-refractivity contribution in [3.63, 3.8) is 0 Å². The van der Waals surface area contributed by atoms with Gasteiger partial charge in [0.25, 0.3) is 5.91 Å². The van der Waals surface area contributed by atoms with E-state index in [1.807, 2.05) is 23.7 Å². The predicted octanol–water partition coefficient (Wildman–Crippen LogP) is 3.16. The number of nitrogens with two attached hydrogens (primary N) is 1. The van der Waals surface area contributed by atoms with Gasteiger partial charge in [-0.3, -0.25) is 9.59 Å². The van der Waals surface area contributed by atoms with E-state index in [9.17, 15) is 9.59 Å². The summed E-state index contributed by atoms with van der Waals surface area (Å²) in [7, 11) is 1.87. The molecule has 3 rings (SSSR count). The minimum absolute atomic E-state index is 0.125. The molecule has 31 heavy (non-hydrogen) atoms. The Labute approximate surface area is 185 Å². The fraction of sp³-hybridized carbons (Fsp3) is 0.273. The third-order valence-electron chi connectivity index (χ3n) is 4.89. The van der Waals surface area contributed by atoms with Crippen LogP contribution >= 0.6 is 11.8 Å². The molecular formula is C22H26N6O2S. The van der Waals surface area contributed by atoms with Crippen LogP contribution in [0.15, 0.2) is 53.7 Å². The largest absolute Gasteiger partial charge is 0.372 e. The Morgan fingerprint density at radius 3 is 2.39 bits per heavy atom. The molecule has 0 unspecified atom stereocenters. The highest BCUT2D eigenvalue weighted by Gasteiger charge is 2.15. The average molecular weight is 439 g/mol. The first-order chi connectivity index (χ1) is 14.9. The first-order valence-corrected chi connectivity index (χ1v) is 11.0. The molecule has 1 heterocycles. The van der Waals surface area contributed by atoms with Crippen molar-refractivity contribution < 1.29 is 9.59 Å². The summed E-state index contributed by atoms with van der Waals surface area (Å²) in [5, 5.41) is 11.9. The quantitative estimate of drug-likeness (QED) is 0.497. The van der Waals surface area contributed by atoms with E-state index >= 15 is 0 Å². The van der Waals surface area contributed by atoms with E-state index in [-0.39, 0.29) is 17.2 Å². The molecule has 0 bridgehead atoms. The number of para-hydroxylation sites is 1. The molecule has 0 aliphatic rings. The standard InChI is InChI=1S/C22H26N6O2S/c1-4-28(5-2)16-12-10-15(11-13-16)21-25-26-22(27(21)3)31-14-19(29)24-18-9-7-6-8-17(18)20(23)30/h6-13H,4-5,14H2,1-3H3,(H2,23,30)(H,24,29). The molecular weight excluding hydrogens is 412 g/mol. The van der Waals surface area contributed by atoms with E-state index in [0.29, 0.717) is 10.8 Å². The van der Waals surface area contributed by atoms with Crippen molar-refractivity contribution in [2.45, 2.75) is 19.0 Å². The molecule has 0 spiro atoms. The third kappa shape index (κ3) is 5.24. The Hall–Kier alpha value is -3.33. The third-order valence-corrected chi connectivity index (χ3v) is 5.91. The van der Waals surface area contributed by atoms with Crippen LogP contribution in [0, 0.1) is 0 Å². The smallest absolute Gasteiger partial charge is 0.250 e. The molecule has 162 valence electrons. The summed E-state index contributed by atoms with van der Waals surface area (Å²) in [4.78, 5) is 26.1. The van der Waals surface area contributed by atoms with Crippen LogP contribution in [0.4, 0.5) is 11.4 Å². The van der Waals surface area contributed by atoms with Crippen molar-refractivity contribution in [3.05, 3.63) is 54.1 Å². The number of carbonyl (C=O) groups excluding carboxylic acids is 2. The second-order valence-electron chi connectivity index (χ2n) is 6.83. The van der Waals surface area contributed by atoms with Gasteiger partial charge in [0.2, 0.25) is 5.91 Å². The number of rotatable bonds is 9. The van der Waals surface area contributed by atoms with E-state index in [2.05, 4.69) is 46.4 Å². The Kier molecular flexibility index (Phi) is 7.30. The number of amides is 2. The maximum absolute atomic E-state index is 12.4. The molecule has 0 saturated heterocycles. The van der Waals surface area contributed by atoms with Crippen molar-refractivity contribution in [1.82, 2.24) is 14.8 Å². The Bertz CT molecular complexity index is 1060. The zero-order chi connectivity index (χ0) is 22.4. The van der Waals surface area contributed by atoms with Crippen LogP contribution in [0.25, 0.3) is 11.4 Å². The van der Waals surface area contributed by atoms with Gasteiger partial charge in [0.05, 0.1) is 17.0 Å². The van der Waals surface area contributed by atoms with Crippen molar-refractivity contribution in [2.24, 2.45) is 12.8 Å². The zero-order valence-corrected chi connectivity index (χ0v) is 18.6. The lowest BCUT2D eigenvalue weighted by atomic mass is 10.1. The van der Waals surface area contributed by atoms with Crippen molar-refractivity contribution in [1.29, 1.82) is 0 Å². The fourth-order valence-corrected chi connectivity index (χ4v) is 3.94. The minimum Gasteiger partial charge on any atom is -0.372 e. The van der Waals surface area contributed by atoms with Crippen molar-refractivity contribution >= 4 is 35.0 Å². The number of hydrogen-bond donors (Lipinski definition) is 2. The van der Waals surface area contributed by atoms with E-state index in [1.165, 1.54) is 17.4 Å². The van der Waals surface area contributed by atoms with Gasteiger partial charge in [-0.05, 0) is 50.2 Å². The van der Waals surface area contributed by atoms with Crippen molar-refractivity contribution in [3.8, 4) is 11.4 Å². The van der Waals surface area contributed by atoms with Gasteiger partial charge in [0.15, 0.2) is 11.0 Å². The fourth-order valence-electron chi connectivity index (χ4n) is 3.23. The summed E-state index contributed by atoms with van der Waals surface area (Å²) in [6, 6.07) is 14.9. The van der Waals surface area contributed by atoms with Gasteiger partial charge in [-0.15, -0.1) is 10.2 Å². The highest BCUT2D eigenvalue weighted by atomic mass is 32.2. The molecule has 3 aromatic rings. The molecule has 2 amide bonds. The highest BCUT2D eigenvalue weighted by molar-refractivity contribution is 7.99. The minimum atomic E-state index is -0.589. The predicted molar refractivity (Wildman–Crippen MR) is 124 cm³/mol. The van der Waals surface area contributed by atoms with Gasteiger partial charge in [-0.25, -0.2) is 0 Å². The monoisotopic (exact) mass is 438 g/mol. The summed E-state index contributed by atoms with van der Waals surface area (Å²) in [6.45, 7) is 6.16. The Balaban J connectivity index is 1.66. The summed E-state index contributed by atoms with van der Waals surface area (Å²) in [6.07, 6.45) is 0. The maximum Gasteiger partial charge on any atom is 0.250 e. The van der Waals surface area contributed by atoms with Crippen LogP contribution in [-0.2, 0) is 11.8 Å². The van der Waals surface area contributed by atoms with Crippen LogP contribution in [0.5, 0.6) is 0 Å². The Morgan fingerprint density at radius 2 is 1.74 bits per heavy atom. The summed E-state index contributed by atoms with van der Waals surface area (Å²) < 4.78 is 1.86. The molecule has 0 saturated carbocycles. The topological polar surface area (TPSA) is 106 Å². The van der Waals surface area contributed by atoms with Crippen LogP contribution in [0.1, 0.15) is 24.2 Å². The van der Waals surface area contributed by atoms with E-state index in [4.69, 9.17) is 5.73 Å². The van der Waals surface area contributed by atoms with Gasteiger partial charge in [-0.2, -0.15) is 0 Å². The molecule has 3 N–H and O–H groups in total. The van der Waals surface area contributed by atoms with Gasteiger partial charge in [-0.1, -0.05) is 23.9 Å². The van der Waals surface area contributed by atoms with Crippen LogP contribution < -0.4 is 16.0 Å². The van der Waals surface area contributed by atoms with Gasteiger partial charge >= 0.3 is 0 Å². The number of hydrogen-bond acceptors (Lipinski definition) is 6. The molecule has 0 aliphatic carbocycles. The number of carbonyl (C=O) groups is 2. The number of thioether (sulfide) groups is 1. The van der Waals surface area contributed by atoms with Crippen LogP contribution in [0.2, 0.25) is 0 Å². The van der Waals surface area contributed by atoms with Gasteiger partial charge in [0.1, 0.15) is 0 Å².